The first-order valence-corrected chi connectivity index (χ1v) is 9.22. The Bertz CT molecular complexity index is 1120. The number of nitrogens with one attached hydrogen (secondary N) is 1. The predicted molar refractivity (Wildman–Crippen MR) is 116 cm³/mol. The van der Waals surface area contributed by atoms with E-state index < -0.39 is 5.63 Å². The number of aliphatic imine (C=N–C) groups is 1. The summed E-state index contributed by atoms with van der Waals surface area (Å²) in [6, 6.07) is 12.4. The van der Waals surface area contributed by atoms with Crippen molar-refractivity contribution in [2.24, 2.45) is 4.99 Å². The molecule has 0 saturated heterocycles. The minimum absolute atomic E-state index is 0.0484. The number of fused-ring (bicyclic) bond motifs is 1. The van der Waals surface area contributed by atoms with Crippen molar-refractivity contribution in [1.29, 1.82) is 0 Å². The van der Waals surface area contributed by atoms with Gasteiger partial charge < -0.3 is 24.3 Å². The molecule has 8 heteroatoms. The van der Waals surface area contributed by atoms with Crippen LogP contribution in [0.3, 0.4) is 0 Å². The number of hydrogen-bond donors (Lipinski definition) is 2. The molecule has 0 amide bonds. The van der Waals surface area contributed by atoms with Crippen LogP contribution in [-0.4, -0.2) is 37.2 Å². The fourth-order valence-corrected chi connectivity index (χ4v) is 2.94. The van der Waals surface area contributed by atoms with Gasteiger partial charge in [-0.25, -0.2) is 9.79 Å². The Morgan fingerprint density at radius 3 is 2.72 bits per heavy atom. The molecule has 3 rings (SSSR count). The molecule has 0 aliphatic heterocycles. The van der Waals surface area contributed by atoms with Gasteiger partial charge in [-0.3, -0.25) is 0 Å². The number of ether oxygens (including phenoxy) is 2. The van der Waals surface area contributed by atoms with Crippen molar-refractivity contribution in [3.63, 3.8) is 0 Å². The highest BCUT2D eigenvalue weighted by molar-refractivity contribution is 7.80. The van der Waals surface area contributed by atoms with Gasteiger partial charge in [-0.05, 0) is 48.5 Å². The fraction of sp³-hybridized carbons (Fsp3) is 0.190. The van der Waals surface area contributed by atoms with Crippen molar-refractivity contribution < 1.29 is 19.0 Å². The molecule has 3 aromatic rings. The fourth-order valence-electron chi connectivity index (χ4n) is 2.78. The van der Waals surface area contributed by atoms with Crippen LogP contribution >= 0.6 is 12.2 Å². The maximum absolute atomic E-state index is 12.1. The molecule has 0 aliphatic rings. The van der Waals surface area contributed by atoms with Crippen LogP contribution in [0, 0.1) is 0 Å². The molecule has 29 heavy (non-hydrogen) atoms. The largest absolute Gasteiger partial charge is 0.506 e. The van der Waals surface area contributed by atoms with E-state index >= 15 is 0 Å². The van der Waals surface area contributed by atoms with Gasteiger partial charge in [-0.1, -0.05) is 18.2 Å². The molecule has 0 aliphatic carbocycles. The standard InChI is InChI=1S/C21H20N2O5S/c1-26-17-8-7-13(11-18(17)27-2)9-10-22-21(29)23-12-15-19(24)14-5-3-4-6-16(14)28-20(15)25/h3-8,11-12,24H,9-10H2,1-2H3,(H,22,29). The predicted octanol–water partition coefficient (Wildman–Crippen LogP) is 3.05. The van der Waals surface area contributed by atoms with Crippen LogP contribution in [0.4, 0.5) is 0 Å². The molecule has 7 nitrogen and oxygen atoms in total. The van der Waals surface area contributed by atoms with Crippen LogP contribution in [0.25, 0.3) is 11.0 Å². The molecule has 0 spiro atoms. The minimum Gasteiger partial charge on any atom is -0.506 e. The number of para-hydroxylation sites is 1. The van der Waals surface area contributed by atoms with Gasteiger partial charge in [0.15, 0.2) is 16.6 Å². The third kappa shape index (κ3) is 4.72. The molecule has 2 N–H and O–H groups in total. The lowest BCUT2D eigenvalue weighted by Gasteiger charge is -2.10. The molecule has 0 atom stereocenters. The van der Waals surface area contributed by atoms with Gasteiger partial charge in [0.25, 0.3) is 0 Å². The van der Waals surface area contributed by atoms with Crippen LogP contribution in [0.1, 0.15) is 11.1 Å². The number of thiocarbonyl (C=S) groups is 1. The number of nitrogens with zero attached hydrogens (tertiary/aromatic N) is 1. The summed E-state index contributed by atoms with van der Waals surface area (Å²) in [6.45, 7) is 0.532. The molecule has 2 aromatic carbocycles. The zero-order valence-electron chi connectivity index (χ0n) is 16.0. The topological polar surface area (TPSA) is 93.3 Å². The second kappa shape index (κ2) is 9.20. The lowest BCUT2D eigenvalue weighted by molar-refractivity contribution is 0.354. The van der Waals surface area contributed by atoms with Crippen LogP contribution in [0.2, 0.25) is 0 Å². The van der Waals surface area contributed by atoms with Gasteiger partial charge in [0.1, 0.15) is 16.9 Å². The van der Waals surface area contributed by atoms with Crippen molar-refractivity contribution in [3.05, 3.63) is 64.0 Å². The van der Waals surface area contributed by atoms with E-state index in [2.05, 4.69) is 10.3 Å². The van der Waals surface area contributed by atoms with E-state index in [1.165, 1.54) is 6.21 Å². The van der Waals surface area contributed by atoms with Crippen LogP contribution in [-0.2, 0) is 6.42 Å². The maximum atomic E-state index is 12.1. The number of benzene rings is 2. The van der Waals surface area contributed by atoms with Gasteiger partial charge in [0.2, 0.25) is 0 Å². The molecule has 150 valence electrons. The molecule has 0 bridgehead atoms. The third-order valence-electron chi connectivity index (χ3n) is 4.27. The lowest BCUT2D eigenvalue weighted by atomic mass is 10.1. The van der Waals surface area contributed by atoms with E-state index in [0.29, 0.717) is 35.4 Å². The summed E-state index contributed by atoms with van der Waals surface area (Å²) in [7, 11) is 3.17. The second-order valence-electron chi connectivity index (χ2n) is 6.08. The highest BCUT2D eigenvalue weighted by Gasteiger charge is 2.12. The Kier molecular flexibility index (Phi) is 6.46. The zero-order valence-corrected chi connectivity index (χ0v) is 16.8. The van der Waals surface area contributed by atoms with Crippen molar-refractivity contribution >= 4 is 34.5 Å². The Morgan fingerprint density at radius 2 is 1.97 bits per heavy atom. The molecule has 0 radical (unpaired) electrons. The summed E-state index contributed by atoms with van der Waals surface area (Å²) < 4.78 is 15.7. The minimum atomic E-state index is -0.682. The number of hydrogen-bond acceptors (Lipinski definition) is 6. The van der Waals surface area contributed by atoms with E-state index in [0.717, 1.165) is 5.56 Å². The van der Waals surface area contributed by atoms with Gasteiger partial charge in [-0.2, -0.15) is 0 Å². The van der Waals surface area contributed by atoms with E-state index in [4.69, 9.17) is 26.1 Å². The smallest absolute Gasteiger partial charge is 0.348 e. The van der Waals surface area contributed by atoms with Crippen LogP contribution in [0.5, 0.6) is 17.2 Å². The van der Waals surface area contributed by atoms with Crippen molar-refractivity contribution in [2.75, 3.05) is 20.8 Å². The van der Waals surface area contributed by atoms with E-state index in [-0.39, 0.29) is 16.4 Å². The van der Waals surface area contributed by atoms with Crippen molar-refractivity contribution in [3.8, 4) is 17.2 Å². The van der Waals surface area contributed by atoms with Crippen LogP contribution in [0.15, 0.2) is 56.7 Å². The molecule has 0 fully saturated rings. The van der Waals surface area contributed by atoms with Gasteiger partial charge >= 0.3 is 5.63 Å². The average molecular weight is 412 g/mol. The Labute approximate surface area is 172 Å². The number of methoxy groups -OCH3 is 2. The average Bonchev–Trinajstić information content (AvgIpc) is 2.73. The number of rotatable bonds is 6. The van der Waals surface area contributed by atoms with Crippen LogP contribution < -0.4 is 20.4 Å². The van der Waals surface area contributed by atoms with Crippen molar-refractivity contribution in [1.82, 2.24) is 5.32 Å². The van der Waals surface area contributed by atoms with Gasteiger partial charge in [0.05, 0.1) is 19.6 Å². The summed E-state index contributed by atoms with van der Waals surface area (Å²) in [6.07, 6.45) is 1.89. The highest BCUT2D eigenvalue weighted by atomic mass is 32.1. The molecule has 0 unspecified atom stereocenters. The molecule has 0 saturated carbocycles. The Hall–Kier alpha value is -3.39. The third-order valence-corrected chi connectivity index (χ3v) is 4.52. The lowest BCUT2D eigenvalue weighted by Crippen LogP contribution is -2.22. The first kappa shape index (κ1) is 20.3. The summed E-state index contributed by atoms with van der Waals surface area (Å²) in [4.78, 5) is 16.1. The van der Waals surface area contributed by atoms with Gasteiger partial charge in [-0.15, -0.1) is 0 Å². The highest BCUT2D eigenvalue weighted by Crippen LogP contribution is 2.27. The SMILES string of the molecule is COc1ccc(CCNC(=S)N=Cc2c(O)c3ccccc3oc2=O)cc1OC. The van der Waals surface area contributed by atoms with E-state index in [1.54, 1.807) is 38.5 Å². The zero-order chi connectivity index (χ0) is 20.8. The Morgan fingerprint density at radius 1 is 1.21 bits per heavy atom. The number of aromatic hydroxyl groups is 1. The second-order valence-corrected chi connectivity index (χ2v) is 6.46. The summed E-state index contributed by atoms with van der Waals surface area (Å²) in [5.41, 5.74) is 0.614. The summed E-state index contributed by atoms with van der Waals surface area (Å²) in [5, 5.41) is 13.9. The quantitative estimate of drug-likeness (QED) is 0.365. The van der Waals surface area contributed by atoms with Crippen molar-refractivity contribution in [2.45, 2.75) is 6.42 Å². The Balaban J connectivity index is 1.64. The van der Waals surface area contributed by atoms with E-state index in [9.17, 15) is 9.90 Å². The monoisotopic (exact) mass is 412 g/mol. The maximum Gasteiger partial charge on any atom is 0.348 e. The molecule has 1 aromatic heterocycles. The van der Waals surface area contributed by atoms with E-state index in [1.807, 2.05) is 18.2 Å². The van der Waals surface area contributed by atoms with Gasteiger partial charge in [0, 0.05) is 12.8 Å². The first-order chi connectivity index (χ1) is 14.0. The summed E-state index contributed by atoms with van der Waals surface area (Å²) in [5.74, 6) is 1.14. The molecular formula is C21H20N2O5S. The normalized spacial score (nSPS) is 11.0. The summed E-state index contributed by atoms with van der Waals surface area (Å²) >= 11 is 5.17. The molecular weight excluding hydrogens is 392 g/mol. The molecule has 1 heterocycles. The first-order valence-electron chi connectivity index (χ1n) is 8.81.